The van der Waals surface area contributed by atoms with Gasteiger partial charge in [0.15, 0.2) is 0 Å². The molecule has 8 heteroatoms. The molecule has 7 nitrogen and oxygen atoms in total. The standard InChI is InChI=1S/C33H36FN3O4/c1-23-33(24(2)41-35-23)27-7-12-31-28(21-27)20-25-5-4-6-26(19-25)22-37(15-16-39-17-18-40-31)32(38)13-14-36(3)30-10-8-29(34)9-11-30/h4-12,19,21H,13-18,20,22H2,1-3H3. The number of benzene rings is 3. The molecule has 0 unspecified atom stereocenters. The van der Waals surface area contributed by atoms with Crippen LogP contribution in [0.3, 0.4) is 0 Å². The molecule has 1 aromatic heterocycles. The van der Waals surface area contributed by atoms with Crippen molar-refractivity contribution in [3.63, 3.8) is 0 Å². The number of rotatable bonds is 5. The number of hydrogen-bond donors (Lipinski definition) is 0. The summed E-state index contributed by atoms with van der Waals surface area (Å²) in [6.07, 6.45) is 1.02. The van der Waals surface area contributed by atoms with E-state index in [1.54, 1.807) is 12.1 Å². The van der Waals surface area contributed by atoms with Crippen LogP contribution in [0, 0.1) is 19.7 Å². The molecule has 1 amide bonds. The van der Waals surface area contributed by atoms with E-state index in [4.69, 9.17) is 14.0 Å². The maximum Gasteiger partial charge on any atom is 0.224 e. The predicted molar refractivity (Wildman–Crippen MR) is 157 cm³/mol. The lowest BCUT2D eigenvalue weighted by molar-refractivity contribution is -0.132. The van der Waals surface area contributed by atoms with Gasteiger partial charge in [-0.3, -0.25) is 4.79 Å². The first-order valence-electron chi connectivity index (χ1n) is 14.0. The Balaban J connectivity index is 1.34. The highest BCUT2D eigenvalue weighted by Crippen LogP contribution is 2.32. The molecule has 0 saturated carbocycles. The van der Waals surface area contributed by atoms with Gasteiger partial charge >= 0.3 is 0 Å². The fourth-order valence-corrected chi connectivity index (χ4v) is 5.21. The Bertz CT molecular complexity index is 1460. The van der Waals surface area contributed by atoms with Gasteiger partial charge in [-0.1, -0.05) is 35.5 Å². The van der Waals surface area contributed by atoms with Gasteiger partial charge in [0.1, 0.15) is 23.9 Å². The molecule has 2 bridgehead atoms. The van der Waals surface area contributed by atoms with Gasteiger partial charge in [-0.05, 0) is 72.5 Å². The summed E-state index contributed by atoms with van der Waals surface area (Å²) in [7, 11) is 1.91. The van der Waals surface area contributed by atoms with E-state index in [1.807, 2.05) is 48.9 Å². The van der Waals surface area contributed by atoms with Crippen molar-refractivity contribution >= 4 is 11.6 Å². The third-order valence-corrected chi connectivity index (χ3v) is 7.41. The van der Waals surface area contributed by atoms with Crippen LogP contribution in [0.5, 0.6) is 5.75 Å². The van der Waals surface area contributed by atoms with Crippen LogP contribution in [-0.2, 0) is 22.5 Å². The highest BCUT2D eigenvalue weighted by molar-refractivity contribution is 5.77. The minimum atomic E-state index is -0.277. The number of amides is 1. The molecule has 5 rings (SSSR count). The normalized spacial score (nSPS) is 14.1. The van der Waals surface area contributed by atoms with Crippen LogP contribution >= 0.6 is 0 Å². The Morgan fingerprint density at radius 2 is 1.80 bits per heavy atom. The van der Waals surface area contributed by atoms with Crippen LogP contribution in [0.1, 0.15) is 34.6 Å². The molecule has 4 aromatic rings. The third-order valence-electron chi connectivity index (χ3n) is 7.41. The summed E-state index contributed by atoms with van der Waals surface area (Å²) in [5, 5.41) is 4.12. The van der Waals surface area contributed by atoms with Gasteiger partial charge in [-0.15, -0.1) is 0 Å². The third kappa shape index (κ3) is 7.13. The van der Waals surface area contributed by atoms with Crippen molar-refractivity contribution in [1.82, 2.24) is 10.1 Å². The molecule has 1 aliphatic rings. The zero-order valence-electron chi connectivity index (χ0n) is 23.9. The van der Waals surface area contributed by atoms with Gasteiger partial charge in [-0.25, -0.2) is 4.39 Å². The van der Waals surface area contributed by atoms with Gasteiger partial charge < -0.3 is 23.8 Å². The Morgan fingerprint density at radius 3 is 2.59 bits per heavy atom. The molecule has 3 aromatic carbocycles. The second kappa shape index (κ2) is 13.0. The lowest BCUT2D eigenvalue weighted by Gasteiger charge is -2.26. The predicted octanol–water partition coefficient (Wildman–Crippen LogP) is 5.95. The number of ether oxygens (including phenoxy) is 2. The number of anilines is 1. The molecule has 0 aliphatic carbocycles. The van der Waals surface area contributed by atoms with Crippen LogP contribution in [0.4, 0.5) is 10.1 Å². The van der Waals surface area contributed by atoms with E-state index in [0.29, 0.717) is 52.3 Å². The van der Waals surface area contributed by atoms with E-state index in [0.717, 1.165) is 50.7 Å². The quantitative estimate of drug-likeness (QED) is 0.302. The maximum atomic E-state index is 13.3. The largest absolute Gasteiger partial charge is 0.491 e. The first-order valence-corrected chi connectivity index (χ1v) is 14.0. The second-order valence-corrected chi connectivity index (χ2v) is 10.4. The number of nitrogens with zero attached hydrogens (tertiary/aromatic N) is 3. The zero-order valence-corrected chi connectivity index (χ0v) is 23.9. The van der Waals surface area contributed by atoms with Gasteiger partial charge in [0.25, 0.3) is 0 Å². The van der Waals surface area contributed by atoms with E-state index in [1.165, 1.54) is 12.1 Å². The lowest BCUT2D eigenvalue weighted by atomic mass is 9.96. The second-order valence-electron chi connectivity index (χ2n) is 10.4. The monoisotopic (exact) mass is 557 g/mol. The topological polar surface area (TPSA) is 68.0 Å². The van der Waals surface area contributed by atoms with Crippen LogP contribution in [0.2, 0.25) is 0 Å². The first kappa shape index (κ1) is 28.4. The molecule has 0 saturated heterocycles. The van der Waals surface area contributed by atoms with Crippen molar-refractivity contribution in [3.05, 3.63) is 101 Å². The number of fused-ring (bicyclic) bond motifs is 3. The van der Waals surface area contributed by atoms with Crippen molar-refractivity contribution in [2.75, 3.05) is 44.9 Å². The number of hydrogen-bond acceptors (Lipinski definition) is 6. The number of carbonyl (C=O) groups is 1. The zero-order chi connectivity index (χ0) is 28.8. The molecule has 0 atom stereocenters. The molecule has 41 heavy (non-hydrogen) atoms. The van der Waals surface area contributed by atoms with Crippen LogP contribution in [0.15, 0.2) is 71.3 Å². The SMILES string of the molecule is Cc1noc(C)c1-c1ccc2c(c1)Cc1cccc(c1)CN(C(=O)CCN(C)c1ccc(F)cc1)CCOCCO2. The summed E-state index contributed by atoms with van der Waals surface area (Å²) in [5.41, 5.74) is 7.03. The molecule has 0 spiro atoms. The summed E-state index contributed by atoms with van der Waals surface area (Å²) in [6.45, 7) is 6.63. The van der Waals surface area contributed by atoms with E-state index >= 15 is 0 Å². The van der Waals surface area contributed by atoms with Gasteiger partial charge in [0.2, 0.25) is 5.91 Å². The maximum absolute atomic E-state index is 13.3. The minimum absolute atomic E-state index is 0.0470. The number of halogens is 1. The minimum Gasteiger partial charge on any atom is -0.491 e. The summed E-state index contributed by atoms with van der Waals surface area (Å²) in [6, 6.07) is 20.9. The average Bonchev–Trinajstić information content (AvgIpc) is 3.31. The molecule has 0 N–H and O–H groups in total. The Morgan fingerprint density at radius 1 is 1.00 bits per heavy atom. The van der Waals surface area contributed by atoms with Gasteiger partial charge in [0.05, 0.1) is 18.9 Å². The van der Waals surface area contributed by atoms with Gasteiger partial charge in [0, 0.05) is 50.8 Å². The van der Waals surface area contributed by atoms with E-state index in [2.05, 4.69) is 29.4 Å². The van der Waals surface area contributed by atoms with Gasteiger partial charge in [-0.2, -0.15) is 0 Å². The Labute approximate surface area is 240 Å². The van der Waals surface area contributed by atoms with Crippen molar-refractivity contribution in [3.8, 4) is 16.9 Å². The smallest absolute Gasteiger partial charge is 0.224 e. The summed E-state index contributed by atoms with van der Waals surface area (Å²) >= 11 is 0. The number of carbonyl (C=O) groups excluding carboxylic acids is 1. The molecular weight excluding hydrogens is 521 g/mol. The summed E-state index contributed by atoms with van der Waals surface area (Å²) < 4.78 is 30.7. The van der Waals surface area contributed by atoms with E-state index in [9.17, 15) is 9.18 Å². The molecule has 2 heterocycles. The Hall–Kier alpha value is -4.17. The molecule has 0 radical (unpaired) electrons. The fourth-order valence-electron chi connectivity index (χ4n) is 5.21. The molecule has 1 aliphatic heterocycles. The fraction of sp³-hybridized carbons (Fsp3) is 0.333. The summed E-state index contributed by atoms with van der Waals surface area (Å²) in [4.78, 5) is 17.2. The number of aromatic nitrogens is 1. The van der Waals surface area contributed by atoms with Crippen LogP contribution < -0.4 is 9.64 Å². The van der Waals surface area contributed by atoms with Crippen molar-refractivity contribution in [1.29, 1.82) is 0 Å². The van der Waals surface area contributed by atoms with Crippen LogP contribution in [0.25, 0.3) is 11.1 Å². The number of aryl methyl sites for hydroxylation is 2. The highest BCUT2D eigenvalue weighted by Gasteiger charge is 2.18. The van der Waals surface area contributed by atoms with E-state index in [-0.39, 0.29) is 11.7 Å². The van der Waals surface area contributed by atoms with Crippen LogP contribution in [-0.4, -0.2) is 55.9 Å². The van der Waals surface area contributed by atoms with Crippen molar-refractivity contribution < 1.29 is 23.2 Å². The first-order chi connectivity index (χ1) is 19.9. The molecule has 0 fully saturated rings. The average molecular weight is 558 g/mol. The lowest BCUT2D eigenvalue weighted by Crippen LogP contribution is -2.36. The molecular formula is C33H36FN3O4. The summed E-state index contributed by atoms with van der Waals surface area (Å²) in [5.74, 6) is 1.38. The highest BCUT2D eigenvalue weighted by atomic mass is 19.1. The molecule has 214 valence electrons. The van der Waals surface area contributed by atoms with Crippen molar-refractivity contribution in [2.24, 2.45) is 0 Å². The van der Waals surface area contributed by atoms with Crippen molar-refractivity contribution in [2.45, 2.75) is 33.2 Å². The Kier molecular flexibility index (Phi) is 8.99. The van der Waals surface area contributed by atoms with E-state index < -0.39 is 0 Å².